The number of anilines is 1. The summed E-state index contributed by atoms with van der Waals surface area (Å²) in [7, 11) is 0. The maximum Gasteiger partial charge on any atom is 0.315 e. The minimum Gasteiger partial charge on any atom is -0.406 e. The van der Waals surface area contributed by atoms with Crippen LogP contribution in [0.2, 0.25) is 0 Å². The van der Waals surface area contributed by atoms with E-state index in [4.69, 9.17) is 16.0 Å². The van der Waals surface area contributed by atoms with Crippen LogP contribution >= 0.6 is 11.6 Å². The molecule has 2 saturated carbocycles. The van der Waals surface area contributed by atoms with Crippen molar-refractivity contribution in [3.8, 4) is 0 Å². The number of rotatable bonds is 3. The van der Waals surface area contributed by atoms with Crippen molar-refractivity contribution < 1.29 is 4.42 Å². The molecule has 2 aliphatic carbocycles. The first-order valence-electron chi connectivity index (χ1n) is 5.96. The Morgan fingerprint density at radius 3 is 2.81 bits per heavy atom. The Balaban J connectivity index is 1.65. The van der Waals surface area contributed by atoms with E-state index in [0.717, 1.165) is 11.8 Å². The average Bonchev–Trinajstić information content (AvgIpc) is 2.91. The van der Waals surface area contributed by atoms with E-state index >= 15 is 0 Å². The molecular formula is C11H16ClN3O. The van der Waals surface area contributed by atoms with Crippen molar-refractivity contribution in [2.75, 3.05) is 5.32 Å². The largest absolute Gasteiger partial charge is 0.406 e. The predicted octanol–water partition coefficient (Wildman–Crippen LogP) is 2.97. The lowest BCUT2D eigenvalue weighted by molar-refractivity contribution is 0.422. The molecule has 2 bridgehead atoms. The molecule has 2 fully saturated rings. The lowest BCUT2D eigenvalue weighted by Crippen LogP contribution is -2.25. The first-order valence-corrected chi connectivity index (χ1v) is 6.40. The van der Waals surface area contributed by atoms with Crippen LogP contribution in [-0.4, -0.2) is 16.2 Å². The van der Waals surface area contributed by atoms with Gasteiger partial charge in [0.1, 0.15) is 5.38 Å². The summed E-state index contributed by atoms with van der Waals surface area (Å²) in [5.41, 5.74) is 0. The van der Waals surface area contributed by atoms with Crippen LogP contribution in [0.1, 0.15) is 43.9 Å². The molecule has 0 aliphatic heterocycles. The second-order valence-electron chi connectivity index (χ2n) is 4.99. The molecule has 4 nitrogen and oxygen atoms in total. The van der Waals surface area contributed by atoms with E-state index in [1.165, 1.54) is 25.7 Å². The maximum atomic E-state index is 5.87. The van der Waals surface area contributed by atoms with Crippen LogP contribution in [0.5, 0.6) is 0 Å². The number of aromatic nitrogens is 2. The van der Waals surface area contributed by atoms with Crippen LogP contribution in [0.25, 0.3) is 0 Å². The van der Waals surface area contributed by atoms with Gasteiger partial charge in [0, 0.05) is 6.04 Å². The van der Waals surface area contributed by atoms with Crippen molar-refractivity contribution in [1.82, 2.24) is 10.2 Å². The standard InChI is InChI=1S/C11H16ClN3O/c1-6(12)10-14-15-11(16-10)13-9-5-7-2-3-8(9)4-7/h6-9H,2-5H2,1H3,(H,13,15). The Labute approximate surface area is 99.8 Å². The van der Waals surface area contributed by atoms with Crippen molar-refractivity contribution in [3.05, 3.63) is 5.89 Å². The smallest absolute Gasteiger partial charge is 0.315 e. The second kappa shape index (κ2) is 3.91. The number of hydrogen-bond acceptors (Lipinski definition) is 4. The van der Waals surface area contributed by atoms with E-state index in [9.17, 15) is 0 Å². The Kier molecular flexibility index (Phi) is 2.54. The quantitative estimate of drug-likeness (QED) is 0.827. The Bertz CT molecular complexity index is 379. The first kappa shape index (κ1) is 10.4. The SMILES string of the molecule is CC(Cl)c1nnc(NC2CC3CCC2C3)o1. The van der Waals surface area contributed by atoms with Crippen LogP contribution in [-0.2, 0) is 0 Å². The molecule has 4 atom stereocenters. The monoisotopic (exact) mass is 241 g/mol. The van der Waals surface area contributed by atoms with E-state index < -0.39 is 0 Å². The van der Waals surface area contributed by atoms with E-state index in [1.807, 2.05) is 6.92 Å². The summed E-state index contributed by atoms with van der Waals surface area (Å²) in [6.45, 7) is 1.83. The Morgan fingerprint density at radius 2 is 2.25 bits per heavy atom. The fourth-order valence-electron chi connectivity index (χ4n) is 3.03. The van der Waals surface area contributed by atoms with Gasteiger partial charge in [0.05, 0.1) is 0 Å². The summed E-state index contributed by atoms with van der Waals surface area (Å²) in [6.07, 6.45) is 5.36. The van der Waals surface area contributed by atoms with E-state index in [-0.39, 0.29) is 5.38 Å². The molecule has 0 amide bonds. The van der Waals surface area contributed by atoms with Gasteiger partial charge >= 0.3 is 6.01 Å². The molecule has 5 heteroatoms. The van der Waals surface area contributed by atoms with Gasteiger partial charge in [0.15, 0.2) is 0 Å². The van der Waals surface area contributed by atoms with Crippen LogP contribution in [0.3, 0.4) is 0 Å². The summed E-state index contributed by atoms with van der Waals surface area (Å²) < 4.78 is 5.45. The molecule has 0 radical (unpaired) electrons. The molecule has 3 rings (SSSR count). The third-order valence-electron chi connectivity index (χ3n) is 3.83. The highest BCUT2D eigenvalue weighted by molar-refractivity contribution is 6.20. The van der Waals surface area contributed by atoms with Crippen molar-refractivity contribution in [2.24, 2.45) is 11.8 Å². The van der Waals surface area contributed by atoms with Gasteiger partial charge < -0.3 is 9.73 Å². The Morgan fingerprint density at radius 1 is 1.38 bits per heavy atom. The number of fused-ring (bicyclic) bond motifs is 2. The van der Waals surface area contributed by atoms with Gasteiger partial charge in [-0.15, -0.1) is 16.7 Å². The molecule has 88 valence electrons. The van der Waals surface area contributed by atoms with Crippen molar-refractivity contribution in [2.45, 2.75) is 44.0 Å². The van der Waals surface area contributed by atoms with Gasteiger partial charge in [-0.05, 0) is 38.0 Å². The number of nitrogens with zero attached hydrogens (tertiary/aromatic N) is 2. The Hall–Kier alpha value is -0.770. The highest BCUT2D eigenvalue weighted by Crippen LogP contribution is 2.45. The fraction of sp³-hybridized carbons (Fsp3) is 0.818. The van der Waals surface area contributed by atoms with Crippen molar-refractivity contribution in [1.29, 1.82) is 0 Å². The number of hydrogen-bond donors (Lipinski definition) is 1. The van der Waals surface area contributed by atoms with Crippen LogP contribution in [0.4, 0.5) is 6.01 Å². The predicted molar refractivity (Wildman–Crippen MR) is 61.4 cm³/mol. The minimum atomic E-state index is -0.219. The van der Waals surface area contributed by atoms with E-state index in [1.54, 1.807) is 0 Å². The third-order valence-corrected chi connectivity index (χ3v) is 4.01. The van der Waals surface area contributed by atoms with Gasteiger partial charge in [0.2, 0.25) is 5.89 Å². The highest BCUT2D eigenvalue weighted by atomic mass is 35.5. The van der Waals surface area contributed by atoms with Gasteiger partial charge in [-0.25, -0.2) is 0 Å². The van der Waals surface area contributed by atoms with Crippen molar-refractivity contribution in [3.63, 3.8) is 0 Å². The van der Waals surface area contributed by atoms with E-state index in [0.29, 0.717) is 17.9 Å². The molecule has 2 aliphatic rings. The molecule has 0 aromatic carbocycles. The number of alkyl halides is 1. The summed E-state index contributed by atoms with van der Waals surface area (Å²) in [4.78, 5) is 0. The summed E-state index contributed by atoms with van der Waals surface area (Å²) in [5, 5.41) is 11.0. The second-order valence-corrected chi connectivity index (χ2v) is 5.64. The average molecular weight is 242 g/mol. The zero-order chi connectivity index (χ0) is 11.1. The summed E-state index contributed by atoms with van der Waals surface area (Å²) in [6, 6.07) is 1.05. The lowest BCUT2D eigenvalue weighted by atomic mass is 9.96. The molecule has 1 aromatic rings. The topological polar surface area (TPSA) is 51.0 Å². The van der Waals surface area contributed by atoms with Crippen LogP contribution in [0, 0.1) is 11.8 Å². The molecule has 0 saturated heterocycles. The molecule has 4 unspecified atom stereocenters. The first-order chi connectivity index (χ1) is 7.72. The number of halogens is 1. The molecule has 1 N–H and O–H groups in total. The zero-order valence-electron chi connectivity index (χ0n) is 9.32. The normalized spacial score (nSPS) is 34.2. The van der Waals surface area contributed by atoms with Crippen LogP contribution < -0.4 is 5.32 Å². The van der Waals surface area contributed by atoms with Gasteiger partial charge in [0.25, 0.3) is 0 Å². The van der Waals surface area contributed by atoms with Gasteiger partial charge in [-0.1, -0.05) is 11.5 Å². The molecule has 16 heavy (non-hydrogen) atoms. The van der Waals surface area contributed by atoms with Gasteiger partial charge in [-0.2, -0.15) is 0 Å². The minimum absolute atomic E-state index is 0.219. The van der Waals surface area contributed by atoms with Crippen molar-refractivity contribution >= 4 is 17.6 Å². The van der Waals surface area contributed by atoms with Gasteiger partial charge in [-0.3, -0.25) is 0 Å². The molecule has 0 spiro atoms. The molecular weight excluding hydrogens is 226 g/mol. The highest BCUT2D eigenvalue weighted by Gasteiger charge is 2.40. The van der Waals surface area contributed by atoms with E-state index in [2.05, 4.69) is 15.5 Å². The molecule has 1 aromatic heterocycles. The lowest BCUT2D eigenvalue weighted by Gasteiger charge is -2.21. The maximum absolute atomic E-state index is 5.87. The zero-order valence-corrected chi connectivity index (χ0v) is 10.1. The fourth-order valence-corrected chi connectivity index (χ4v) is 3.12. The third kappa shape index (κ3) is 1.79. The molecule has 1 heterocycles. The number of nitrogens with one attached hydrogen (secondary N) is 1. The summed E-state index contributed by atoms with van der Waals surface area (Å²) in [5.74, 6) is 2.21. The summed E-state index contributed by atoms with van der Waals surface area (Å²) >= 11 is 5.87. The van der Waals surface area contributed by atoms with Crippen LogP contribution in [0.15, 0.2) is 4.42 Å².